The lowest BCUT2D eigenvalue weighted by Crippen LogP contribution is -2.28. The van der Waals surface area contributed by atoms with Crippen LogP contribution < -0.4 is 0 Å². The monoisotopic (exact) mass is 206 g/mol. The van der Waals surface area contributed by atoms with Crippen molar-refractivity contribution >= 4 is 16.1 Å². The fourth-order valence-corrected chi connectivity index (χ4v) is 3.90. The first-order valence-corrected chi connectivity index (χ1v) is 6.06. The lowest BCUT2D eigenvalue weighted by molar-refractivity contribution is -0.116. The van der Waals surface area contributed by atoms with E-state index in [0.29, 0.717) is 12.7 Å². The van der Waals surface area contributed by atoms with Crippen molar-refractivity contribution in [2.45, 2.75) is 25.9 Å². The van der Waals surface area contributed by atoms with Crippen molar-refractivity contribution < 1.29 is 18.3 Å². The van der Waals surface area contributed by atoms with E-state index in [1.165, 1.54) is 0 Å². The Balaban J connectivity index is 2.80. The van der Waals surface area contributed by atoms with Gasteiger partial charge in [-0.25, -0.2) is 8.42 Å². The zero-order valence-electron chi connectivity index (χ0n) is 7.56. The van der Waals surface area contributed by atoms with Crippen LogP contribution in [0.1, 0.15) is 19.8 Å². The predicted octanol–water partition coefficient (Wildman–Crippen LogP) is -0.239. The molecule has 76 valence electrons. The van der Waals surface area contributed by atoms with Crippen LogP contribution in [-0.2, 0) is 14.6 Å². The average Bonchev–Trinajstić information content (AvgIpc) is 2.26. The molecule has 1 heterocycles. The smallest absolute Gasteiger partial charge is 0.151 e. The topological polar surface area (TPSA) is 71.4 Å². The third-order valence-corrected chi connectivity index (χ3v) is 4.21. The van der Waals surface area contributed by atoms with Crippen LogP contribution in [0.25, 0.3) is 0 Å². The van der Waals surface area contributed by atoms with Gasteiger partial charge in [-0.2, -0.15) is 0 Å². The molecule has 0 aliphatic carbocycles. The van der Waals surface area contributed by atoms with Gasteiger partial charge in [-0.1, -0.05) is 0 Å². The molecular weight excluding hydrogens is 192 g/mol. The summed E-state index contributed by atoms with van der Waals surface area (Å²) in [5.41, 5.74) is -0.826. The number of hydrogen-bond acceptors (Lipinski definition) is 4. The largest absolute Gasteiger partial charge is 0.393 e. The van der Waals surface area contributed by atoms with Gasteiger partial charge in [-0.05, 0) is 19.8 Å². The lowest BCUT2D eigenvalue weighted by atomic mass is 9.84. The summed E-state index contributed by atoms with van der Waals surface area (Å²) in [5.74, 6) is -0.0349. The third kappa shape index (κ3) is 2.51. The van der Waals surface area contributed by atoms with Crippen LogP contribution >= 0.6 is 0 Å². The van der Waals surface area contributed by atoms with Crippen molar-refractivity contribution in [3.05, 3.63) is 0 Å². The summed E-state index contributed by atoms with van der Waals surface area (Å²) >= 11 is 0. The van der Waals surface area contributed by atoms with Gasteiger partial charge in [0.15, 0.2) is 9.84 Å². The molecule has 0 saturated carbocycles. The van der Waals surface area contributed by atoms with Gasteiger partial charge in [-0.15, -0.1) is 0 Å². The molecule has 1 aliphatic rings. The highest BCUT2D eigenvalue weighted by molar-refractivity contribution is 7.91. The normalized spacial score (nSPS) is 34.3. The maximum absolute atomic E-state index is 11.1. The van der Waals surface area contributed by atoms with Crippen molar-refractivity contribution in [1.82, 2.24) is 0 Å². The Kier molecular flexibility index (Phi) is 2.77. The molecule has 2 atom stereocenters. The maximum Gasteiger partial charge on any atom is 0.151 e. The van der Waals surface area contributed by atoms with Gasteiger partial charge in [0.2, 0.25) is 0 Å². The average molecular weight is 206 g/mol. The van der Waals surface area contributed by atoms with Gasteiger partial charge in [0.1, 0.15) is 6.29 Å². The molecule has 0 aromatic rings. The Bertz CT molecular complexity index is 293. The Morgan fingerprint density at radius 1 is 1.62 bits per heavy atom. The molecule has 0 radical (unpaired) electrons. The van der Waals surface area contributed by atoms with Crippen molar-refractivity contribution in [3.8, 4) is 0 Å². The molecule has 0 aromatic heterocycles. The van der Waals surface area contributed by atoms with Crippen molar-refractivity contribution in [2.75, 3.05) is 11.5 Å². The van der Waals surface area contributed by atoms with Gasteiger partial charge in [0.25, 0.3) is 0 Å². The molecule has 1 aliphatic heterocycles. The van der Waals surface area contributed by atoms with Crippen LogP contribution in [-0.4, -0.2) is 37.4 Å². The van der Waals surface area contributed by atoms with E-state index >= 15 is 0 Å². The third-order valence-electron chi connectivity index (χ3n) is 2.37. The molecule has 0 amide bonds. The number of aliphatic hydroxyl groups is 1. The SMILES string of the molecule is CC(O)CC1(C=O)CCS(=O)(=O)C1. The summed E-state index contributed by atoms with van der Waals surface area (Å²) in [6.45, 7) is 1.57. The quantitative estimate of drug-likeness (QED) is 0.647. The molecule has 4 nitrogen and oxygen atoms in total. The van der Waals surface area contributed by atoms with E-state index in [4.69, 9.17) is 5.11 Å². The number of rotatable bonds is 3. The number of aldehydes is 1. The fourth-order valence-electron chi connectivity index (χ4n) is 1.83. The van der Waals surface area contributed by atoms with E-state index in [1.54, 1.807) is 6.92 Å². The molecule has 1 fully saturated rings. The van der Waals surface area contributed by atoms with Gasteiger partial charge < -0.3 is 9.90 Å². The predicted molar refractivity (Wildman–Crippen MR) is 48.1 cm³/mol. The zero-order chi connectivity index (χ0) is 10.1. The number of sulfone groups is 1. The molecule has 0 spiro atoms. The number of aliphatic hydroxyl groups excluding tert-OH is 1. The van der Waals surface area contributed by atoms with Gasteiger partial charge in [0.05, 0.1) is 17.6 Å². The molecule has 5 heteroatoms. The second kappa shape index (κ2) is 3.38. The minimum absolute atomic E-state index is 0.0679. The first-order chi connectivity index (χ1) is 5.89. The van der Waals surface area contributed by atoms with Crippen molar-refractivity contribution in [3.63, 3.8) is 0 Å². The lowest BCUT2D eigenvalue weighted by Gasteiger charge is -2.21. The van der Waals surface area contributed by atoms with Crippen LogP contribution in [0, 0.1) is 5.41 Å². The van der Waals surface area contributed by atoms with Crippen LogP contribution in [0.4, 0.5) is 0 Å². The minimum Gasteiger partial charge on any atom is -0.393 e. The van der Waals surface area contributed by atoms with Gasteiger partial charge in [-0.3, -0.25) is 0 Å². The highest BCUT2D eigenvalue weighted by Crippen LogP contribution is 2.34. The first-order valence-electron chi connectivity index (χ1n) is 4.24. The van der Waals surface area contributed by atoms with E-state index < -0.39 is 21.4 Å². The zero-order valence-corrected chi connectivity index (χ0v) is 8.38. The van der Waals surface area contributed by atoms with Crippen LogP contribution in [0.15, 0.2) is 0 Å². The Labute approximate surface area is 77.9 Å². The standard InChI is InChI=1S/C8H14O4S/c1-7(10)4-8(5-9)2-3-13(11,12)6-8/h5,7,10H,2-4,6H2,1H3. The van der Waals surface area contributed by atoms with E-state index in [2.05, 4.69) is 0 Å². The van der Waals surface area contributed by atoms with E-state index in [9.17, 15) is 13.2 Å². The molecule has 0 bridgehead atoms. The summed E-state index contributed by atoms with van der Waals surface area (Å²) in [7, 11) is -3.05. The van der Waals surface area contributed by atoms with Crippen molar-refractivity contribution in [2.24, 2.45) is 5.41 Å². The second-order valence-corrected chi connectivity index (χ2v) is 6.06. The van der Waals surface area contributed by atoms with Crippen molar-refractivity contribution in [1.29, 1.82) is 0 Å². The van der Waals surface area contributed by atoms with Gasteiger partial charge in [0, 0.05) is 5.41 Å². The Morgan fingerprint density at radius 2 is 2.23 bits per heavy atom. The Morgan fingerprint density at radius 3 is 2.54 bits per heavy atom. The maximum atomic E-state index is 11.1. The highest BCUT2D eigenvalue weighted by Gasteiger charge is 2.42. The van der Waals surface area contributed by atoms with Crippen LogP contribution in [0.5, 0.6) is 0 Å². The highest BCUT2D eigenvalue weighted by atomic mass is 32.2. The Hall–Kier alpha value is -0.420. The van der Waals surface area contributed by atoms with Crippen LogP contribution in [0.2, 0.25) is 0 Å². The van der Waals surface area contributed by atoms with E-state index in [1.807, 2.05) is 0 Å². The minimum atomic E-state index is -3.05. The molecular formula is C8H14O4S. The number of carbonyl (C=O) groups is 1. The van der Waals surface area contributed by atoms with E-state index in [0.717, 1.165) is 0 Å². The summed E-state index contributed by atoms with van der Waals surface area (Å²) in [5, 5.41) is 9.13. The van der Waals surface area contributed by atoms with E-state index in [-0.39, 0.29) is 17.9 Å². The molecule has 0 aromatic carbocycles. The summed E-state index contributed by atoms with van der Waals surface area (Å²) in [4.78, 5) is 10.8. The molecule has 13 heavy (non-hydrogen) atoms. The molecule has 2 unspecified atom stereocenters. The van der Waals surface area contributed by atoms with Crippen LogP contribution in [0.3, 0.4) is 0 Å². The molecule has 1 rings (SSSR count). The summed E-state index contributed by atoms with van der Waals surface area (Å²) in [6.07, 6.45) is 0.655. The molecule has 1 N–H and O–H groups in total. The fraction of sp³-hybridized carbons (Fsp3) is 0.875. The summed E-state index contributed by atoms with van der Waals surface area (Å²) in [6, 6.07) is 0. The number of carbonyl (C=O) groups excluding carboxylic acids is 1. The second-order valence-electron chi connectivity index (χ2n) is 3.88. The first kappa shape index (κ1) is 10.7. The van der Waals surface area contributed by atoms with Gasteiger partial charge >= 0.3 is 0 Å². The number of hydrogen-bond donors (Lipinski definition) is 1. The summed E-state index contributed by atoms with van der Waals surface area (Å²) < 4.78 is 22.3. The molecule has 1 saturated heterocycles.